The fourth-order valence-corrected chi connectivity index (χ4v) is 5.02. The number of fused-ring (bicyclic) bond motifs is 1. The number of anilines is 1. The topological polar surface area (TPSA) is 102 Å². The second kappa shape index (κ2) is 10.5. The second-order valence-electron chi connectivity index (χ2n) is 7.93. The number of carbonyl (C=O) groups excluding carboxylic acids is 2. The van der Waals surface area contributed by atoms with Gasteiger partial charge in [-0.05, 0) is 42.3 Å². The minimum Gasteiger partial charge on any atom is -0.342 e. The molecule has 0 aliphatic heterocycles. The Kier molecular flexibility index (Phi) is 7.50. The molecule has 2 N–H and O–H groups in total. The lowest BCUT2D eigenvalue weighted by Crippen LogP contribution is -2.33. The van der Waals surface area contributed by atoms with Crippen molar-refractivity contribution in [2.75, 3.05) is 11.1 Å². The van der Waals surface area contributed by atoms with Gasteiger partial charge in [0.1, 0.15) is 0 Å². The molecular weight excluding hydrogens is 492 g/mol. The number of thioether (sulfide) groups is 1. The fraction of sp³-hybridized carbons (Fsp3) is 0.261. The van der Waals surface area contributed by atoms with Gasteiger partial charge < -0.3 is 15.2 Å². The van der Waals surface area contributed by atoms with E-state index in [9.17, 15) is 9.59 Å². The van der Waals surface area contributed by atoms with Gasteiger partial charge in [0.05, 0.1) is 22.0 Å². The first-order valence-corrected chi connectivity index (χ1v) is 12.7. The third kappa shape index (κ3) is 5.57. The monoisotopic (exact) mass is 514 g/mol. The van der Waals surface area contributed by atoms with Crippen molar-refractivity contribution >= 4 is 61.9 Å². The van der Waals surface area contributed by atoms with Gasteiger partial charge in [0, 0.05) is 17.6 Å². The number of para-hydroxylation sites is 1. The second-order valence-corrected chi connectivity index (χ2v) is 10.3. The van der Waals surface area contributed by atoms with E-state index in [2.05, 4.69) is 25.8 Å². The van der Waals surface area contributed by atoms with Crippen LogP contribution in [-0.2, 0) is 11.8 Å². The highest BCUT2D eigenvalue weighted by atomic mass is 35.5. The number of benzene rings is 2. The van der Waals surface area contributed by atoms with Crippen LogP contribution in [0.5, 0.6) is 0 Å². The summed E-state index contributed by atoms with van der Waals surface area (Å²) in [5.41, 5.74) is 1.37. The lowest BCUT2D eigenvalue weighted by molar-refractivity contribution is -0.113. The van der Waals surface area contributed by atoms with Crippen molar-refractivity contribution in [1.29, 1.82) is 0 Å². The Labute approximate surface area is 210 Å². The molecule has 11 heteroatoms. The first kappa shape index (κ1) is 24.2. The average molecular weight is 515 g/mol. The largest absolute Gasteiger partial charge is 0.342 e. The summed E-state index contributed by atoms with van der Waals surface area (Å²) < 4.78 is 2.83. The molecule has 0 aliphatic carbocycles. The van der Waals surface area contributed by atoms with E-state index in [0.717, 1.165) is 10.2 Å². The van der Waals surface area contributed by atoms with Gasteiger partial charge in [0.15, 0.2) is 16.1 Å². The van der Waals surface area contributed by atoms with Crippen molar-refractivity contribution < 1.29 is 9.59 Å². The van der Waals surface area contributed by atoms with E-state index in [1.54, 1.807) is 24.3 Å². The zero-order valence-electron chi connectivity index (χ0n) is 18.8. The van der Waals surface area contributed by atoms with Crippen molar-refractivity contribution in [2.45, 2.75) is 25.0 Å². The molecule has 1 atom stereocenters. The molecule has 0 radical (unpaired) electrons. The Bertz CT molecular complexity index is 1290. The van der Waals surface area contributed by atoms with Crippen molar-refractivity contribution in [2.24, 2.45) is 13.0 Å². The molecule has 0 saturated carbocycles. The van der Waals surface area contributed by atoms with Crippen LogP contribution >= 0.6 is 34.7 Å². The quantitative estimate of drug-likeness (QED) is 0.323. The van der Waals surface area contributed by atoms with E-state index in [1.165, 1.54) is 23.1 Å². The van der Waals surface area contributed by atoms with Crippen LogP contribution in [0.25, 0.3) is 10.2 Å². The standard InChI is InChI=1S/C23H23ClN6O2S2/c1-13(2)19(27-21(32)14-8-10-15(24)11-9-14)20-28-29-23(30(20)3)33-12-18(31)26-22-25-16-6-4-5-7-17(16)34-22/h4-11,13,19H,12H2,1-3H3,(H,27,32)(H,25,26,31)/t19-/m1/s1. The summed E-state index contributed by atoms with van der Waals surface area (Å²) in [4.78, 5) is 29.6. The first-order valence-electron chi connectivity index (χ1n) is 10.6. The number of halogens is 1. The van der Waals surface area contributed by atoms with Crippen LogP contribution in [0.3, 0.4) is 0 Å². The smallest absolute Gasteiger partial charge is 0.251 e. The summed E-state index contributed by atoms with van der Waals surface area (Å²) in [5, 5.41) is 16.1. The molecule has 0 aliphatic rings. The summed E-state index contributed by atoms with van der Waals surface area (Å²) in [6.45, 7) is 4.00. The predicted molar refractivity (Wildman–Crippen MR) is 136 cm³/mol. The van der Waals surface area contributed by atoms with Crippen LogP contribution in [0.15, 0.2) is 53.7 Å². The van der Waals surface area contributed by atoms with Crippen LogP contribution in [0, 0.1) is 5.92 Å². The Hall–Kier alpha value is -2.95. The number of nitrogens with one attached hydrogen (secondary N) is 2. The molecule has 0 unspecified atom stereocenters. The predicted octanol–water partition coefficient (Wildman–Crippen LogP) is 4.94. The molecule has 176 valence electrons. The zero-order chi connectivity index (χ0) is 24.2. The van der Waals surface area contributed by atoms with Crippen molar-refractivity contribution in [3.63, 3.8) is 0 Å². The third-order valence-electron chi connectivity index (χ3n) is 5.08. The van der Waals surface area contributed by atoms with Gasteiger partial charge in [0.2, 0.25) is 5.91 Å². The number of amides is 2. The summed E-state index contributed by atoms with van der Waals surface area (Å²) in [7, 11) is 1.83. The van der Waals surface area contributed by atoms with Crippen LogP contribution < -0.4 is 10.6 Å². The normalized spacial score (nSPS) is 12.1. The van der Waals surface area contributed by atoms with Gasteiger partial charge in [-0.15, -0.1) is 10.2 Å². The third-order valence-corrected chi connectivity index (χ3v) is 7.30. The summed E-state index contributed by atoms with van der Waals surface area (Å²) in [6, 6.07) is 14.1. The Morgan fingerprint density at radius 3 is 2.56 bits per heavy atom. The van der Waals surface area contributed by atoms with Gasteiger partial charge in [0.25, 0.3) is 5.91 Å². The number of hydrogen-bond donors (Lipinski definition) is 2. The molecule has 0 spiro atoms. The number of rotatable bonds is 8. The Morgan fingerprint density at radius 1 is 1.12 bits per heavy atom. The Balaban J connectivity index is 1.40. The minimum absolute atomic E-state index is 0.0688. The summed E-state index contributed by atoms with van der Waals surface area (Å²) in [5.74, 6) is 0.448. The molecule has 8 nitrogen and oxygen atoms in total. The summed E-state index contributed by atoms with van der Waals surface area (Å²) >= 11 is 8.63. The molecule has 0 saturated heterocycles. The molecule has 4 rings (SSSR count). The highest BCUT2D eigenvalue weighted by Gasteiger charge is 2.25. The van der Waals surface area contributed by atoms with E-state index in [-0.39, 0.29) is 29.5 Å². The van der Waals surface area contributed by atoms with E-state index >= 15 is 0 Å². The number of nitrogens with zero attached hydrogens (tertiary/aromatic N) is 4. The van der Waals surface area contributed by atoms with E-state index in [4.69, 9.17) is 11.6 Å². The Morgan fingerprint density at radius 2 is 1.85 bits per heavy atom. The van der Waals surface area contributed by atoms with Crippen molar-refractivity contribution in [1.82, 2.24) is 25.1 Å². The SMILES string of the molecule is CC(C)[C@@H](NC(=O)c1ccc(Cl)cc1)c1nnc(SCC(=O)Nc2nc3ccccc3s2)n1C. The first-order chi connectivity index (χ1) is 16.3. The van der Waals surface area contributed by atoms with Crippen molar-refractivity contribution in [3.05, 3.63) is 64.9 Å². The molecule has 0 fully saturated rings. The van der Waals surface area contributed by atoms with E-state index in [0.29, 0.717) is 26.7 Å². The maximum atomic E-state index is 12.7. The van der Waals surface area contributed by atoms with Crippen LogP contribution in [0.2, 0.25) is 5.02 Å². The van der Waals surface area contributed by atoms with Crippen LogP contribution in [0.1, 0.15) is 36.1 Å². The van der Waals surface area contributed by atoms with Crippen molar-refractivity contribution in [3.8, 4) is 0 Å². The van der Waals surface area contributed by atoms with Crippen LogP contribution in [0.4, 0.5) is 5.13 Å². The molecule has 4 aromatic rings. The number of thiazole rings is 1. The molecule has 0 bridgehead atoms. The van der Waals surface area contributed by atoms with Gasteiger partial charge >= 0.3 is 0 Å². The lowest BCUT2D eigenvalue weighted by atomic mass is 10.0. The highest BCUT2D eigenvalue weighted by molar-refractivity contribution is 7.99. The molecular formula is C23H23ClN6O2S2. The lowest BCUT2D eigenvalue weighted by Gasteiger charge is -2.21. The van der Waals surface area contributed by atoms with Gasteiger partial charge in [-0.1, -0.05) is 60.7 Å². The van der Waals surface area contributed by atoms with Crippen LogP contribution in [-0.4, -0.2) is 37.3 Å². The van der Waals surface area contributed by atoms with Gasteiger partial charge in [-0.25, -0.2) is 4.98 Å². The molecule has 34 heavy (non-hydrogen) atoms. The van der Waals surface area contributed by atoms with Gasteiger partial charge in [-0.3, -0.25) is 9.59 Å². The molecule has 2 amide bonds. The zero-order valence-corrected chi connectivity index (χ0v) is 21.2. The highest BCUT2D eigenvalue weighted by Crippen LogP contribution is 2.27. The maximum Gasteiger partial charge on any atom is 0.251 e. The number of carbonyl (C=O) groups is 2. The van der Waals surface area contributed by atoms with E-state index in [1.807, 2.05) is 49.7 Å². The number of aromatic nitrogens is 4. The summed E-state index contributed by atoms with van der Waals surface area (Å²) in [6.07, 6.45) is 0. The molecule has 2 heterocycles. The van der Waals surface area contributed by atoms with Gasteiger partial charge in [-0.2, -0.15) is 0 Å². The fourth-order valence-electron chi connectivity index (χ4n) is 3.29. The minimum atomic E-state index is -0.355. The average Bonchev–Trinajstić information content (AvgIpc) is 3.38. The molecule has 2 aromatic carbocycles. The van der Waals surface area contributed by atoms with E-state index < -0.39 is 0 Å². The maximum absolute atomic E-state index is 12.7. The number of hydrogen-bond acceptors (Lipinski definition) is 7. The molecule has 2 aromatic heterocycles.